The molecule has 4 nitrogen and oxygen atoms in total. The average Bonchev–Trinajstić information content (AvgIpc) is 2.41. The van der Waals surface area contributed by atoms with Gasteiger partial charge in [-0.1, -0.05) is 11.6 Å². The Kier molecular flexibility index (Phi) is 4.36. The van der Waals surface area contributed by atoms with Crippen LogP contribution in [0.1, 0.15) is 5.69 Å². The lowest BCUT2D eigenvalue weighted by Crippen LogP contribution is -2.20. The van der Waals surface area contributed by atoms with Gasteiger partial charge in [0.15, 0.2) is 6.61 Å². The molecule has 0 bridgehead atoms. The van der Waals surface area contributed by atoms with Crippen molar-refractivity contribution in [2.75, 3.05) is 11.9 Å². The Balaban J connectivity index is 1.88. The number of rotatable bonds is 4. The van der Waals surface area contributed by atoms with Crippen LogP contribution in [-0.4, -0.2) is 17.5 Å². The van der Waals surface area contributed by atoms with E-state index in [0.29, 0.717) is 16.5 Å². The van der Waals surface area contributed by atoms with Crippen LogP contribution < -0.4 is 10.1 Å². The Hall–Kier alpha value is -2.07. The monoisotopic (exact) mass is 276 g/mol. The Morgan fingerprint density at radius 2 is 2.05 bits per heavy atom. The van der Waals surface area contributed by atoms with Crippen LogP contribution >= 0.6 is 11.6 Å². The van der Waals surface area contributed by atoms with Gasteiger partial charge in [-0.05, 0) is 43.3 Å². The van der Waals surface area contributed by atoms with Crippen LogP contribution in [0.3, 0.4) is 0 Å². The van der Waals surface area contributed by atoms with Gasteiger partial charge < -0.3 is 10.1 Å². The number of nitrogens with zero attached hydrogens (tertiary/aromatic N) is 1. The number of ether oxygens (including phenoxy) is 1. The number of amides is 1. The van der Waals surface area contributed by atoms with E-state index < -0.39 is 0 Å². The number of pyridine rings is 1. The highest BCUT2D eigenvalue weighted by molar-refractivity contribution is 6.30. The molecule has 19 heavy (non-hydrogen) atoms. The number of nitrogens with one attached hydrogen (secondary N) is 1. The molecule has 5 heteroatoms. The fourth-order valence-electron chi connectivity index (χ4n) is 1.48. The van der Waals surface area contributed by atoms with Gasteiger partial charge in [-0.25, -0.2) is 0 Å². The normalized spacial score (nSPS) is 10.0. The summed E-state index contributed by atoms with van der Waals surface area (Å²) in [5.41, 5.74) is 1.45. The van der Waals surface area contributed by atoms with Crippen LogP contribution in [0.4, 0.5) is 5.69 Å². The fourth-order valence-corrected chi connectivity index (χ4v) is 1.61. The number of carbonyl (C=O) groups is 1. The molecule has 0 aliphatic carbocycles. The Morgan fingerprint density at radius 3 is 2.74 bits per heavy atom. The van der Waals surface area contributed by atoms with Gasteiger partial charge in [-0.2, -0.15) is 0 Å². The summed E-state index contributed by atoms with van der Waals surface area (Å²) in [7, 11) is 0. The Labute approximate surface area is 116 Å². The molecule has 0 aliphatic rings. The zero-order valence-electron chi connectivity index (χ0n) is 10.4. The van der Waals surface area contributed by atoms with Gasteiger partial charge in [-0.15, -0.1) is 0 Å². The van der Waals surface area contributed by atoms with Gasteiger partial charge in [-0.3, -0.25) is 9.78 Å². The number of aromatic nitrogens is 1. The molecule has 0 atom stereocenters. The number of carbonyl (C=O) groups excluding carboxylic acids is 1. The number of halogens is 1. The van der Waals surface area contributed by atoms with Crippen molar-refractivity contribution in [1.82, 2.24) is 4.98 Å². The second kappa shape index (κ2) is 6.20. The lowest BCUT2D eigenvalue weighted by atomic mass is 10.3. The van der Waals surface area contributed by atoms with Gasteiger partial charge in [0.2, 0.25) is 0 Å². The summed E-state index contributed by atoms with van der Waals surface area (Å²) in [6.45, 7) is 1.77. The fraction of sp³-hybridized carbons (Fsp3) is 0.143. The summed E-state index contributed by atoms with van der Waals surface area (Å²) in [6, 6.07) is 10.4. The van der Waals surface area contributed by atoms with Gasteiger partial charge in [0, 0.05) is 11.2 Å². The Bertz CT molecular complexity index is 570. The average molecular weight is 277 g/mol. The van der Waals surface area contributed by atoms with E-state index in [9.17, 15) is 4.79 Å². The number of aryl methyl sites for hydroxylation is 1. The van der Waals surface area contributed by atoms with Crippen LogP contribution in [0.15, 0.2) is 42.6 Å². The number of hydrogen-bond acceptors (Lipinski definition) is 3. The molecule has 0 aliphatic heterocycles. The van der Waals surface area contributed by atoms with E-state index in [1.54, 1.807) is 42.6 Å². The van der Waals surface area contributed by atoms with Gasteiger partial charge >= 0.3 is 0 Å². The maximum absolute atomic E-state index is 11.7. The summed E-state index contributed by atoms with van der Waals surface area (Å²) in [5.74, 6) is 0.369. The molecule has 0 saturated carbocycles. The SMILES string of the molecule is Cc1ncccc1NC(=O)COc1ccc(Cl)cc1. The summed E-state index contributed by atoms with van der Waals surface area (Å²) >= 11 is 5.76. The lowest BCUT2D eigenvalue weighted by molar-refractivity contribution is -0.118. The molecule has 1 aromatic carbocycles. The molecule has 0 radical (unpaired) electrons. The van der Waals surface area contributed by atoms with E-state index in [1.165, 1.54) is 0 Å². The van der Waals surface area contributed by atoms with E-state index >= 15 is 0 Å². The van der Waals surface area contributed by atoms with Crippen molar-refractivity contribution in [2.24, 2.45) is 0 Å². The first kappa shape index (κ1) is 13.4. The van der Waals surface area contributed by atoms with Gasteiger partial charge in [0.25, 0.3) is 5.91 Å². The van der Waals surface area contributed by atoms with Crippen LogP contribution in [0.2, 0.25) is 5.02 Å². The zero-order chi connectivity index (χ0) is 13.7. The summed E-state index contributed by atoms with van der Waals surface area (Å²) < 4.78 is 5.34. The molecule has 0 saturated heterocycles. The molecule has 1 aromatic heterocycles. The predicted molar refractivity (Wildman–Crippen MR) is 74.6 cm³/mol. The predicted octanol–water partition coefficient (Wildman–Crippen LogP) is 3.06. The van der Waals surface area contributed by atoms with Crippen molar-refractivity contribution in [3.05, 3.63) is 53.3 Å². The molecule has 1 N–H and O–H groups in total. The van der Waals surface area contributed by atoms with Crippen molar-refractivity contribution in [2.45, 2.75) is 6.92 Å². The van der Waals surface area contributed by atoms with Crippen molar-refractivity contribution in [3.63, 3.8) is 0 Å². The molecule has 0 unspecified atom stereocenters. The van der Waals surface area contributed by atoms with Crippen molar-refractivity contribution >= 4 is 23.2 Å². The van der Waals surface area contributed by atoms with Crippen LogP contribution in [0.25, 0.3) is 0 Å². The minimum absolute atomic E-state index is 0.0596. The first-order valence-corrected chi connectivity index (χ1v) is 6.13. The molecule has 1 heterocycles. The van der Waals surface area contributed by atoms with Crippen LogP contribution in [0.5, 0.6) is 5.75 Å². The third kappa shape index (κ3) is 3.96. The topological polar surface area (TPSA) is 51.2 Å². The van der Waals surface area contributed by atoms with E-state index in [1.807, 2.05) is 6.92 Å². The van der Waals surface area contributed by atoms with Gasteiger partial charge in [0.1, 0.15) is 5.75 Å². The minimum atomic E-state index is -0.231. The molecule has 0 spiro atoms. The lowest BCUT2D eigenvalue weighted by Gasteiger charge is -2.08. The van der Waals surface area contributed by atoms with Crippen molar-refractivity contribution in [1.29, 1.82) is 0 Å². The maximum atomic E-state index is 11.7. The van der Waals surface area contributed by atoms with E-state index in [-0.39, 0.29) is 12.5 Å². The van der Waals surface area contributed by atoms with Crippen molar-refractivity contribution < 1.29 is 9.53 Å². The van der Waals surface area contributed by atoms with E-state index in [0.717, 1.165) is 5.69 Å². The highest BCUT2D eigenvalue weighted by atomic mass is 35.5. The highest BCUT2D eigenvalue weighted by Gasteiger charge is 2.05. The summed E-state index contributed by atoms with van der Waals surface area (Å²) in [5, 5.41) is 3.37. The standard InChI is InChI=1S/C14H13ClN2O2/c1-10-13(3-2-8-16-10)17-14(18)9-19-12-6-4-11(15)5-7-12/h2-8H,9H2,1H3,(H,17,18). The maximum Gasteiger partial charge on any atom is 0.262 e. The first-order valence-electron chi connectivity index (χ1n) is 5.75. The summed E-state index contributed by atoms with van der Waals surface area (Å²) in [4.78, 5) is 15.8. The smallest absolute Gasteiger partial charge is 0.262 e. The molecule has 2 aromatic rings. The zero-order valence-corrected chi connectivity index (χ0v) is 11.1. The molecule has 1 amide bonds. The Morgan fingerprint density at radius 1 is 1.32 bits per heavy atom. The number of anilines is 1. The molecule has 2 rings (SSSR count). The third-order valence-corrected chi connectivity index (χ3v) is 2.72. The van der Waals surface area contributed by atoms with Crippen LogP contribution in [0, 0.1) is 6.92 Å². The third-order valence-electron chi connectivity index (χ3n) is 2.46. The van der Waals surface area contributed by atoms with Crippen molar-refractivity contribution in [3.8, 4) is 5.75 Å². The quantitative estimate of drug-likeness (QED) is 0.934. The number of hydrogen-bond donors (Lipinski definition) is 1. The van der Waals surface area contributed by atoms with E-state index in [2.05, 4.69) is 10.3 Å². The largest absolute Gasteiger partial charge is 0.484 e. The second-order valence-corrected chi connectivity index (χ2v) is 4.36. The summed E-state index contributed by atoms with van der Waals surface area (Å²) in [6.07, 6.45) is 1.68. The molecule has 98 valence electrons. The van der Waals surface area contributed by atoms with E-state index in [4.69, 9.17) is 16.3 Å². The van der Waals surface area contributed by atoms with Gasteiger partial charge in [0.05, 0.1) is 11.4 Å². The highest BCUT2D eigenvalue weighted by Crippen LogP contribution is 2.15. The first-order chi connectivity index (χ1) is 9.15. The van der Waals surface area contributed by atoms with Crippen LogP contribution in [-0.2, 0) is 4.79 Å². The minimum Gasteiger partial charge on any atom is -0.484 e. The number of benzene rings is 1. The molecule has 0 fully saturated rings. The molecular formula is C14H13ClN2O2. The molecular weight excluding hydrogens is 264 g/mol. The second-order valence-electron chi connectivity index (χ2n) is 3.93.